The molecule has 174 valence electrons. The van der Waals surface area contributed by atoms with Gasteiger partial charge in [0.05, 0.1) is 15.9 Å². The van der Waals surface area contributed by atoms with Gasteiger partial charge in [0.15, 0.2) is 19.7 Å². The van der Waals surface area contributed by atoms with E-state index in [2.05, 4.69) is 0 Å². The summed E-state index contributed by atoms with van der Waals surface area (Å²) < 4.78 is 80.8. The van der Waals surface area contributed by atoms with E-state index in [1.54, 1.807) is 6.92 Å². The standard InChI is InChI=1S/C23H25ClF2O4S2/c1-2-19-11-16-13-23(10-9-15(16)14-31(19,27)28,21-12-18(25)5-8-22(21)26)32(29,30)20-6-3-17(24)4-7-20/h3-8,12,15-16,19H,2,9-11,13-14H2,1H3. The first-order valence-corrected chi connectivity index (χ1v) is 14.2. The topological polar surface area (TPSA) is 68.3 Å². The molecule has 32 heavy (non-hydrogen) atoms. The van der Waals surface area contributed by atoms with Crippen molar-refractivity contribution in [3.63, 3.8) is 0 Å². The van der Waals surface area contributed by atoms with Crippen LogP contribution in [0.4, 0.5) is 8.78 Å². The largest absolute Gasteiger partial charge is 0.229 e. The van der Waals surface area contributed by atoms with Gasteiger partial charge in [-0.15, -0.1) is 0 Å². The maximum atomic E-state index is 15.1. The van der Waals surface area contributed by atoms with Gasteiger partial charge in [0.2, 0.25) is 0 Å². The lowest BCUT2D eigenvalue weighted by atomic mass is 9.69. The van der Waals surface area contributed by atoms with E-state index in [4.69, 9.17) is 11.6 Å². The number of fused-ring (bicyclic) bond motifs is 1. The minimum atomic E-state index is -4.15. The van der Waals surface area contributed by atoms with Crippen LogP contribution in [0.2, 0.25) is 5.02 Å². The summed E-state index contributed by atoms with van der Waals surface area (Å²) in [6.45, 7) is 1.80. The molecule has 9 heteroatoms. The second-order valence-electron chi connectivity index (χ2n) is 8.93. The minimum absolute atomic E-state index is 0.0128. The SMILES string of the molecule is CCC1CC2CC(c3cc(F)ccc3F)(S(=O)(=O)c3ccc(Cl)cc3)CCC2CS1(=O)=O. The number of rotatable bonds is 4. The summed E-state index contributed by atoms with van der Waals surface area (Å²) in [6, 6.07) is 8.56. The molecule has 4 rings (SSSR count). The molecule has 0 aromatic heterocycles. The van der Waals surface area contributed by atoms with E-state index in [1.807, 2.05) is 0 Å². The summed E-state index contributed by atoms with van der Waals surface area (Å²) in [4.78, 5) is -0.0144. The molecule has 1 saturated carbocycles. The fraction of sp³-hybridized carbons (Fsp3) is 0.478. The Morgan fingerprint density at radius 3 is 2.44 bits per heavy atom. The highest BCUT2D eigenvalue weighted by Gasteiger charge is 2.55. The highest BCUT2D eigenvalue weighted by Crippen LogP contribution is 2.54. The number of sulfone groups is 2. The van der Waals surface area contributed by atoms with Gasteiger partial charge in [-0.1, -0.05) is 18.5 Å². The fourth-order valence-electron chi connectivity index (χ4n) is 5.50. The van der Waals surface area contributed by atoms with Crippen molar-refractivity contribution in [2.24, 2.45) is 11.8 Å². The summed E-state index contributed by atoms with van der Waals surface area (Å²) in [7, 11) is -7.40. The molecule has 1 saturated heterocycles. The molecule has 0 bridgehead atoms. The van der Waals surface area contributed by atoms with Crippen LogP contribution < -0.4 is 0 Å². The monoisotopic (exact) mass is 502 g/mol. The summed E-state index contributed by atoms with van der Waals surface area (Å²) in [5, 5.41) is -0.183. The Labute approximate surface area is 192 Å². The Bertz CT molecular complexity index is 1230. The molecule has 2 aromatic carbocycles. The lowest BCUT2D eigenvalue weighted by molar-refractivity contribution is 0.183. The Balaban J connectivity index is 1.87. The fourth-order valence-corrected chi connectivity index (χ4v) is 10.2. The van der Waals surface area contributed by atoms with Crippen molar-refractivity contribution < 1.29 is 25.6 Å². The molecule has 2 aromatic rings. The molecule has 1 heterocycles. The molecule has 1 aliphatic heterocycles. The summed E-state index contributed by atoms with van der Waals surface area (Å²) in [5.41, 5.74) is -0.188. The van der Waals surface area contributed by atoms with Gasteiger partial charge < -0.3 is 0 Å². The molecule has 4 nitrogen and oxygen atoms in total. The van der Waals surface area contributed by atoms with Gasteiger partial charge in [-0.05, 0) is 86.4 Å². The van der Waals surface area contributed by atoms with E-state index >= 15 is 4.39 Å². The molecule has 0 N–H and O–H groups in total. The van der Waals surface area contributed by atoms with E-state index in [9.17, 15) is 21.2 Å². The van der Waals surface area contributed by atoms with Gasteiger partial charge in [0.1, 0.15) is 16.4 Å². The Kier molecular flexibility index (Phi) is 6.18. The number of hydrogen-bond donors (Lipinski definition) is 0. The lowest BCUT2D eigenvalue weighted by Crippen LogP contribution is -2.49. The average Bonchev–Trinajstić information content (AvgIpc) is 2.74. The van der Waals surface area contributed by atoms with Gasteiger partial charge in [-0.2, -0.15) is 0 Å². The van der Waals surface area contributed by atoms with Crippen LogP contribution in [0.15, 0.2) is 47.4 Å². The van der Waals surface area contributed by atoms with Crippen molar-refractivity contribution in [2.45, 2.75) is 53.9 Å². The lowest BCUT2D eigenvalue weighted by Gasteiger charge is -2.47. The van der Waals surface area contributed by atoms with Crippen molar-refractivity contribution in [2.75, 3.05) is 5.75 Å². The zero-order chi connectivity index (χ0) is 23.3. The molecule has 2 aliphatic rings. The molecule has 4 atom stereocenters. The highest BCUT2D eigenvalue weighted by atomic mass is 35.5. The first-order chi connectivity index (χ1) is 15.0. The van der Waals surface area contributed by atoms with Crippen molar-refractivity contribution in [1.82, 2.24) is 0 Å². The van der Waals surface area contributed by atoms with Crippen molar-refractivity contribution in [3.8, 4) is 0 Å². The third kappa shape index (κ3) is 3.88. The zero-order valence-corrected chi connectivity index (χ0v) is 20.0. The molecule has 0 amide bonds. The van der Waals surface area contributed by atoms with E-state index in [-0.39, 0.29) is 40.9 Å². The van der Waals surface area contributed by atoms with Crippen LogP contribution in [-0.2, 0) is 24.4 Å². The van der Waals surface area contributed by atoms with E-state index in [0.29, 0.717) is 24.3 Å². The second kappa shape index (κ2) is 8.37. The van der Waals surface area contributed by atoms with Crippen LogP contribution in [0, 0.1) is 23.5 Å². The summed E-state index contributed by atoms with van der Waals surface area (Å²) in [5.74, 6) is -1.89. The van der Waals surface area contributed by atoms with Gasteiger partial charge in [-0.3, -0.25) is 0 Å². The maximum absolute atomic E-state index is 15.1. The molecular weight excluding hydrogens is 478 g/mol. The summed E-state index contributed by atoms with van der Waals surface area (Å²) in [6.07, 6.45) is 1.15. The number of benzene rings is 2. The van der Waals surface area contributed by atoms with Crippen LogP contribution in [0.25, 0.3) is 0 Å². The molecule has 0 spiro atoms. The normalized spacial score (nSPS) is 29.9. The predicted octanol–water partition coefficient (Wildman–Crippen LogP) is 5.30. The Morgan fingerprint density at radius 2 is 1.78 bits per heavy atom. The van der Waals surface area contributed by atoms with Crippen LogP contribution in [-0.4, -0.2) is 27.8 Å². The first kappa shape index (κ1) is 23.6. The molecule has 0 radical (unpaired) electrons. The molecule has 2 fully saturated rings. The first-order valence-electron chi connectivity index (χ1n) is 10.7. The van der Waals surface area contributed by atoms with Crippen molar-refractivity contribution in [3.05, 3.63) is 64.7 Å². The number of hydrogen-bond acceptors (Lipinski definition) is 4. The third-order valence-corrected chi connectivity index (χ3v) is 12.4. The number of halogens is 3. The van der Waals surface area contributed by atoms with Crippen LogP contribution >= 0.6 is 11.6 Å². The van der Waals surface area contributed by atoms with Gasteiger partial charge >= 0.3 is 0 Å². The third-order valence-electron chi connectivity index (χ3n) is 7.21. The van der Waals surface area contributed by atoms with Crippen LogP contribution in [0.5, 0.6) is 0 Å². The van der Waals surface area contributed by atoms with Gasteiger partial charge in [0, 0.05) is 10.6 Å². The quantitative estimate of drug-likeness (QED) is 0.569. The molecular formula is C23H25ClF2O4S2. The van der Waals surface area contributed by atoms with Crippen molar-refractivity contribution in [1.29, 1.82) is 0 Å². The Hall–Kier alpha value is -1.51. The van der Waals surface area contributed by atoms with E-state index in [0.717, 1.165) is 18.2 Å². The molecule has 1 aliphatic carbocycles. The average molecular weight is 503 g/mol. The van der Waals surface area contributed by atoms with Crippen LogP contribution in [0.1, 0.15) is 44.6 Å². The van der Waals surface area contributed by atoms with Gasteiger partial charge in [0.25, 0.3) is 0 Å². The maximum Gasteiger partial charge on any atom is 0.188 e. The summed E-state index contributed by atoms with van der Waals surface area (Å²) >= 11 is 5.93. The molecule has 4 unspecified atom stereocenters. The van der Waals surface area contributed by atoms with Crippen molar-refractivity contribution >= 4 is 31.3 Å². The zero-order valence-electron chi connectivity index (χ0n) is 17.6. The second-order valence-corrected chi connectivity index (χ2v) is 14.0. The van der Waals surface area contributed by atoms with E-state index in [1.165, 1.54) is 24.3 Å². The van der Waals surface area contributed by atoms with E-state index < -0.39 is 41.3 Å². The minimum Gasteiger partial charge on any atom is -0.229 e. The predicted molar refractivity (Wildman–Crippen MR) is 120 cm³/mol. The smallest absolute Gasteiger partial charge is 0.188 e. The highest BCUT2D eigenvalue weighted by molar-refractivity contribution is 7.92. The van der Waals surface area contributed by atoms with Crippen LogP contribution in [0.3, 0.4) is 0 Å². The Morgan fingerprint density at radius 1 is 1.09 bits per heavy atom. The van der Waals surface area contributed by atoms with Gasteiger partial charge in [-0.25, -0.2) is 25.6 Å².